The van der Waals surface area contributed by atoms with E-state index in [0.717, 1.165) is 32.1 Å². The number of benzene rings is 1. The summed E-state index contributed by atoms with van der Waals surface area (Å²) in [5, 5.41) is 38.6. The molecule has 1 aromatic rings. The van der Waals surface area contributed by atoms with Crippen LogP contribution in [0.15, 0.2) is 24.3 Å². The number of hydrogen-bond donors (Lipinski definition) is 4. The van der Waals surface area contributed by atoms with E-state index in [0.29, 0.717) is 12.0 Å². The molecule has 9 nitrogen and oxygen atoms in total. The highest BCUT2D eigenvalue weighted by Gasteiger charge is 2.46. The Morgan fingerprint density at radius 2 is 1.69 bits per heavy atom. The lowest BCUT2D eigenvalue weighted by atomic mass is 10.00. The van der Waals surface area contributed by atoms with E-state index < -0.39 is 47.7 Å². The molecule has 166 valence electrons. The zero-order valence-electron chi connectivity index (χ0n) is 16.4. The zero-order valence-corrected chi connectivity index (χ0v) is 17.2. The summed E-state index contributed by atoms with van der Waals surface area (Å²) in [4.78, 5) is 0. The summed E-state index contributed by atoms with van der Waals surface area (Å²) in [5.41, 5.74) is 0.699. The van der Waals surface area contributed by atoms with Crippen molar-refractivity contribution in [2.24, 2.45) is 0 Å². The van der Waals surface area contributed by atoms with Gasteiger partial charge in [-0.05, 0) is 24.5 Å². The molecule has 0 saturated carbocycles. The van der Waals surface area contributed by atoms with Gasteiger partial charge in [-0.25, -0.2) is 4.18 Å². The minimum atomic E-state index is -4.66. The number of ether oxygens (including phenoxy) is 1. The normalized spacial score (nSPS) is 27.7. The van der Waals surface area contributed by atoms with Crippen molar-refractivity contribution in [3.8, 4) is 5.75 Å². The van der Waals surface area contributed by atoms with E-state index in [-0.39, 0.29) is 5.75 Å². The van der Waals surface area contributed by atoms with Gasteiger partial charge in [0.15, 0.2) is 0 Å². The fourth-order valence-corrected chi connectivity index (χ4v) is 3.92. The van der Waals surface area contributed by atoms with Crippen LogP contribution in [0.5, 0.6) is 5.75 Å². The standard InChI is InChI=1S/C19H30O9S/c1-2-3-4-5-6-9-13-10-7-8-11-14(13)27-29(24,25)28-19-18(23)17(22)16(21)15(12-20)26-19/h7-8,10-11,15-23H,2-6,9,12H2,1H3/t15-,16+,17+,18-,19+/m1/s1. The van der Waals surface area contributed by atoms with Crippen LogP contribution in [0.2, 0.25) is 0 Å². The molecule has 10 heteroatoms. The molecule has 0 spiro atoms. The second kappa shape index (κ2) is 11.2. The van der Waals surface area contributed by atoms with Crippen molar-refractivity contribution in [3.05, 3.63) is 29.8 Å². The Labute approximate surface area is 171 Å². The summed E-state index contributed by atoms with van der Waals surface area (Å²) in [7, 11) is -4.66. The maximum Gasteiger partial charge on any atom is 0.451 e. The van der Waals surface area contributed by atoms with Crippen LogP contribution in [0.25, 0.3) is 0 Å². The molecule has 1 heterocycles. The highest BCUT2D eigenvalue weighted by atomic mass is 32.3. The van der Waals surface area contributed by atoms with Crippen molar-refractivity contribution < 1.29 is 41.9 Å². The van der Waals surface area contributed by atoms with E-state index in [4.69, 9.17) is 13.1 Å². The van der Waals surface area contributed by atoms with Crippen molar-refractivity contribution in [1.29, 1.82) is 0 Å². The van der Waals surface area contributed by atoms with Gasteiger partial charge in [0.25, 0.3) is 0 Å². The third-order valence-electron chi connectivity index (χ3n) is 4.78. The molecule has 0 radical (unpaired) electrons. The van der Waals surface area contributed by atoms with Crippen LogP contribution in [0.1, 0.15) is 44.6 Å². The first kappa shape index (κ1) is 24.0. The maximum absolute atomic E-state index is 12.3. The first-order valence-electron chi connectivity index (χ1n) is 9.80. The van der Waals surface area contributed by atoms with Gasteiger partial charge in [-0.1, -0.05) is 50.8 Å². The van der Waals surface area contributed by atoms with Gasteiger partial charge in [-0.2, -0.15) is 8.42 Å². The lowest BCUT2D eigenvalue weighted by molar-refractivity contribution is -0.277. The molecule has 0 bridgehead atoms. The Bertz CT molecular complexity index is 722. The number of hydrogen-bond acceptors (Lipinski definition) is 9. The molecule has 29 heavy (non-hydrogen) atoms. The third kappa shape index (κ3) is 6.88. The average molecular weight is 435 g/mol. The lowest BCUT2D eigenvalue weighted by Crippen LogP contribution is -2.59. The van der Waals surface area contributed by atoms with Crippen molar-refractivity contribution >= 4 is 10.4 Å². The predicted octanol–water partition coefficient (Wildman–Crippen LogP) is 0.640. The molecule has 0 unspecified atom stereocenters. The van der Waals surface area contributed by atoms with Crippen LogP contribution < -0.4 is 4.18 Å². The molecular weight excluding hydrogens is 404 g/mol. The number of aryl methyl sites for hydroxylation is 1. The van der Waals surface area contributed by atoms with Gasteiger partial charge in [0.2, 0.25) is 6.29 Å². The predicted molar refractivity (Wildman–Crippen MR) is 103 cm³/mol. The zero-order chi connectivity index (χ0) is 21.4. The largest absolute Gasteiger partial charge is 0.451 e. The first-order chi connectivity index (χ1) is 13.8. The van der Waals surface area contributed by atoms with E-state index >= 15 is 0 Å². The molecule has 1 aliphatic heterocycles. The quantitative estimate of drug-likeness (QED) is 0.369. The molecule has 0 aliphatic carbocycles. The Balaban J connectivity index is 2.02. The fraction of sp³-hybridized carbons (Fsp3) is 0.684. The molecule has 4 N–H and O–H groups in total. The van der Waals surface area contributed by atoms with Crippen molar-refractivity contribution in [3.63, 3.8) is 0 Å². The van der Waals surface area contributed by atoms with Crippen LogP contribution in [-0.4, -0.2) is 66.2 Å². The summed E-state index contributed by atoms with van der Waals surface area (Å²) in [6.45, 7) is 1.43. The molecule has 1 aromatic carbocycles. The topological polar surface area (TPSA) is 143 Å². The van der Waals surface area contributed by atoms with Gasteiger partial charge in [-0.3, -0.25) is 0 Å². The minimum Gasteiger partial charge on any atom is -0.394 e. The smallest absolute Gasteiger partial charge is 0.394 e. The summed E-state index contributed by atoms with van der Waals surface area (Å²) >= 11 is 0. The highest BCUT2D eigenvalue weighted by Crippen LogP contribution is 2.26. The molecule has 1 fully saturated rings. The minimum absolute atomic E-state index is 0.104. The van der Waals surface area contributed by atoms with E-state index in [1.165, 1.54) is 6.07 Å². The Kier molecular flexibility index (Phi) is 9.28. The molecule has 0 aromatic heterocycles. The van der Waals surface area contributed by atoms with Gasteiger partial charge in [0.05, 0.1) is 6.61 Å². The second-order valence-corrected chi connectivity index (χ2v) is 8.23. The lowest BCUT2D eigenvalue weighted by Gasteiger charge is -2.38. The molecule has 1 saturated heterocycles. The average Bonchev–Trinajstić information content (AvgIpc) is 2.69. The summed E-state index contributed by atoms with van der Waals surface area (Å²) in [5.74, 6) is 0.104. The molecule has 0 amide bonds. The van der Waals surface area contributed by atoms with Gasteiger partial charge in [0, 0.05) is 0 Å². The van der Waals surface area contributed by atoms with E-state index in [9.17, 15) is 28.8 Å². The van der Waals surface area contributed by atoms with Crippen LogP contribution >= 0.6 is 0 Å². The Hall–Kier alpha value is -1.27. The van der Waals surface area contributed by atoms with Crippen LogP contribution in [0.4, 0.5) is 0 Å². The summed E-state index contributed by atoms with van der Waals surface area (Å²) < 4.78 is 39.5. The van der Waals surface area contributed by atoms with Crippen LogP contribution in [0.3, 0.4) is 0 Å². The van der Waals surface area contributed by atoms with Crippen molar-refractivity contribution in [1.82, 2.24) is 0 Å². The fourth-order valence-electron chi connectivity index (χ4n) is 3.10. The van der Waals surface area contributed by atoms with Gasteiger partial charge < -0.3 is 29.3 Å². The van der Waals surface area contributed by atoms with Crippen LogP contribution in [-0.2, 0) is 25.7 Å². The number of rotatable bonds is 11. The second-order valence-electron chi connectivity index (χ2n) is 7.06. The highest BCUT2D eigenvalue weighted by molar-refractivity contribution is 7.82. The Morgan fingerprint density at radius 3 is 2.38 bits per heavy atom. The molecular formula is C19H30O9S. The van der Waals surface area contributed by atoms with Crippen molar-refractivity contribution in [2.75, 3.05) is 6.61 Å². The monoisotopic (exact) mass is 434 g/mol. The molecule has 1 aliphatic rings. The number of unbranched alkanes of at least 4 members (excludes halogenated alkanes) is 4. The van der Waals surface area contributed by atoms with E-state index in [1.54, 1.807) is 18.2 Å². The number of para-hydroxylation sites is 1. The maximum atomic E-state index is 12.3. The van der Waals surface area contributed by atoms with E-state index in [1.807, 2.05) is 0 Å². The van der Waals surface area contributed by atoms with Crippen LogP contribution in [0, 0.1) is 0 Å². The summed E-state index contributed by atoms with van der Waals surface area (Å²) in [6.07, 6.45) is -2.41. The SMILES string of the molecule is CCCCCCCc1ccccc1OS(=O)(=O)O[C@@H]1O[C@H](CO)[C@H](O)[C@H](O)[C@H]1O. The third-order valence-corrected chi connectivity index (χ3v) is 5.58. The number of aliphatic hydroxyl groups excluding tert-OH is 4. The van der Waals surface area contributed by atoms with Gasteiger partial charge >= 0.3 is 10.4 Å². The van der Waals surface area contributed by atoms with E-state index in [2.05, 4.69) is 6.92 Å². The van der Waals surface area contributed by atoms with Gasteiger partial charge in [0.1, 0.15) is 30.2 Å². The van der Waals surface area contributed by atoms with Crippen molar-refractivity contribution in [2.45, 2.75) is 76.2 Å². The van der Waals surface area contributed by atoms with Gasteiger partial charge in [-0.15, -0.1) is 0 Å². The number of aliphatic hydroxyl groups is 4. The molecule has 2 rings (SSSR count). The summed E-state index contributed by atoms with van der Waals surface area (Å²) in [6, 6.07) is 6.66. The Morgan fingerprint density at radius 1 is 1.00 bits per heavy atom. The first-order valence-corrected chi connectivity index (χ1v) is 11.1. The molecule has 5 atom stereocenters.